The van der Waals surface area contributed by atoms with Gasteiger partial charge in [0, 0.05) is 207 Å². The van der Waals surface area contributed by atoms with E-state index in [4.69, 9.17) is 10.2 Å². The van der Waals surface area contributed by atoms with E-state index in [-0.39, 0.29) is 110 Å². The summed E-state index contributed by atoms with van der Waals surface area (Å²) in [5.74, 6) is 0. The Morgan fingerprint density at radius 1 is 0.234 bits per heavy atom. The Labute approximate surface area is 827 Å². The van der Waals surface area contributed by atoms with Crippen LogP contribution >= 0.6 is 51.2 Å². The smallest absolute Gasteiger partial charge is 0.412 e. The molecule has 0 bridgehead atoms. The fraction of sp³-hybridized carbons (Fsp3) is 0.0769. The van der Waals surface area contributed by atoms with Gasteiger partial charge in [0.1, 0.15) is 0 Å². The van der Waals surface area contributed by atoms with E-state index in [0.29, 0.717) is 9.75 Å². The average molecular weight is 2100 g/mol. The van der Waals surface area contributed by atoms with E-state index < -0.39 is 78.2 Å². The molecule has 128 heavy (non-hydrogen) atoms. The van der Waals surface area contributed by atoms with Gasteiger partial charge in [-0.2, -0.15) is 26.3 Å². The molecule has 0 aliphatic carbocycles. The van der Waals surface area contributed by atoms with E-state index in [1.165, 1.54) is 12.1 Å². The molecule has 10 nitrogen and oxygen atoms in total. The first kappa shape index (κ1) is 100.0. The minimum atomic E-state index is -4.67. The summed E-state index contributed by atoms with van der Waals surface area (Å²) in [6.07, 6.45) is -18.2. The zero-order valence-electron chi connectivity index (χ0n) is 68.2. The second-order valence-corrected chi connectivity index (χ2v) is 42.4. The van der Waals surface area contributed by atoms with Gasteiger partial charge in [-0.3, -0.25) is 0 Å². The quantitative estimate of drug-likeness (QED) is 0.0425. The summed E-state index contributed by atoms with van der Waals surface area (Å²) in [5.41, 5.74) is 3.40. The van der Waals surface area contributed by atoms with Crippen LogP contribution in [-0.4, -0.2) is 55.9 Å². The van der Waals surface area contributed by atoms with Gasteiger partial charge in [-0.25, -0.2) is 0 Å². The molecule has 0 fully saturated rings. The van der Waals surface area contributed by atoms with Gasteiger partial charge < -0.3 is 49.6 Å². The SMILES string of the molecule is O.O.O=P(c1ccccc1)(c1ccccc1)c1ccc2ccccc2c1-c1c(P(=O)(c2ccccc2)c2ccccc2)ccc2ccccc12.O=P(c1ccccc1)(c1ccccc1)c1ccc2ccccc2c1-c1c(P(=O)(c2ccccc2)c2ccccc2)ccc2ccccc12.OC(CC(O)C(F)(F)F)c1cccs1.OC(CC(O)C(F)(F)F)c1cccs1.[Eu].[Eu]. The monoisotopic (exact) mass is 2100 g/mol. The van der Waals surface area contributed by atoms with Crippen molar-refractivity contribution in [1.29, 1.82) is 0 Å². The summed E-state index contributed by atoms with van der Waals surface area (Å²) in [7, 11) is -13.9. The van der Waals surface area contributed by atoms with E-state index >= 15 is 18.3 Å². The molecule has 0 aliphatic heterocycles. The zero-order valence-corrected chi connectivity index (χ0v) is 78.2. The largest absolute Gasteiger partial charge is 0.414 e. The van der Waals surface area contributed by atoms with Crippen molar-refractivity contribution < 1.29 is 175 Å². The van der Waals surface area contributed by atoms with Crippen LogP contribution in [0.3, 0.4) is 0 Å². The maximum Gasteiger partial charge on any atom is 0.414 e. The van der Waals surface area contributed by atoms with Crippen LogP contribution < -0.4 is 63.7 Å². The third-order valence-corrected chi connectivity index (χ3v) is 36.2. The topological polar surface area (TPSA) is 212 Å². The van der Waals surface area contributed by atoms with E-state index in [0.717, 1.165) is 152 Å². The van der Waals surface area contributed by atoms with E-state index in [1.807, 2.05) is 315 Å². The maximum atomic E-state index is 16.2. The van der Waals surface area contributed by atoms with Gasteiger partial charge in [-0.05, 0) is 90.2 Å². The molecule has 18 rings (SSSR count). The zero-order chi connectivity index (χ0) is 86.6. The Morgan fingerprint density at radius 2 is 0.406 bits per heavy atom. The van der Waals surface area contributed by atoms with E-state index in [1.54, 1.807) is 22.9 Å². The minimum absolute atomic E-state index is 0. The molecule has 2 heterocycles. The van der Waals surface area contributed by atoms with Crippen molar-refractivity contribution in [2.24, 2.45) is 0 Å². The van der Waals surface area contributed by atoms with Crippen molar-refractivity contribution in [3.8, 4) is 22.3 Å². The number of aliphatic hydroxyl groups is 4. The number of fused-ring (bicyclic) bond motifs is 4. The number of rotatable bonds is 20. The van der Waals surface area contributed by atoms with Crippen LogP contribution in [0.1, 0.15) is 34.8 Å². The maximum absolute atomic E-state index is 16.2. The fourth-order valence-corrected chi connectivity index (χ4v) is 28.8. The van der Waals surface area contributed by atoms with Gasteiger partial charge >= 0.3 is 12.4 Å². The van der Waals surface area contributed by atoms with Crippen LogP contribution in [0, 0.1) is 98.8 Å². The normalized spacial score (nSPS) is 12.6. The number of hydrogen-bond acceptors (Lipinski definition) is 10. The van der Waals surface area contributed by atoms with Crippen molar-refractivity contribution >= 4 is 158 Å². The second-order valence-electron chi connectivity index (χ2n) is 29.5. The second kappa shape index (κ2) is 44.5. The Balaban J connectivity index is 0.000000186. The molecule has 0 saturated carbocycles. The third kappa shape index (κ3) is 21.3. The molecule has 650 valence electrons. The summed E-state index contributed by atoms with van der Waals surface area (Å²) >= 11 is 2.31. The first-order chi connectivity index (χ1) is 60.0. The Hall–Kier alpha value is -8.61. The van der Waals surface area contributed by atoms with Gasteiger partial charge in [0.2, 0.25) is 0 Å². The standard InChI is InChI=1S/2C44H32O2P2.2C8H9F3O2S.2Eu.2H2O/c2*45-47(35-19-5-1-6-20-35,36-21-7-2-8-22-36)41-31-29-33-17-13-15-27-39(33)43(41)44-40-28-16-14-18-34(40)30-32-42(44)48(46,37-23-9-3-10-24-37)38-25-11-4-12-26-38;2*9-8(10,11)7(13)4-5(12)6-2-1-3-14-6;;;;/h2*1-32H;2*1-3,5,7,12-13H,4H2;;;2*1H2. The Bertz CT molecular complexity index is 5950. The Morgan fingerprint density at radius 3 is 0.570 bits per heavy atom. The molecule has 2 radical (unpaired) electrons. The van der Waals surface area contributed by atoms with Crippen molar-refractivity contribution in [1.82, 2.24) is 0 Å². The molecule has 24 heteroatoms. The minimum Gasteiger partial charge on any atom is -0.412 e. The van der Waals surface area contributed by atoms with Gasteiger partial charge in [-0.15, -0.1) is 22.7 Å². The number of benzene rings is 16. The first-order valence-electron chi connectivity index (χ1n) is 39.9. The van der Waals surface area contributed by atoms with Gasteiger partial charge in [-0.1, -0.05) is 376 Å². The van der Waals surface area contributed by atoms with Crippen LogP contribution in [-0.2, 0) is 18.3 Å². The van der Waals surface area contributed by atoms with E-state index in [2.05, 4.69) is 72.8 Å². The summed E-state index contributed by atoms with van der Waals surface area (Å²) in [5, 5.41) is 56.1. The number of alkyl halides is 6. The summed E-state index contributed by atoms with van der Waals surface area (Å²) in [6.45, 7) is 0. The molecular formula is C104H86Eu2F6O10P4S2. The molecule has 0 aliphatic rings. The van der Waals surface area contributed by atoms with Crippen LogP contribution in [0.25, 0.3) is 65.3 Å². The van der Waals surface area contributed by atoms with Gasteiger partial charge in [0.05, 0.1) is 12.2 Å². The van der Waals surface area contributed by atoms with Crippen LogP contribution in [0.2, 0.25) is 0 Å². The third-order valence-electron chi connectivity index (χ3n) is 21.8. The molecule has 4 unspecified atom stereocenters. The molecule has 4 atom stereocenters. The molecule has 0 saturated heterocycles. The number of aliphatic hydroxyl groups excluding tert-OH is 4. The molecular weight excluding hydrogens is 2020 g/mol. The molecule has 16 aromatic carbocycles. The number of halogens is 6. The molecule has 0 amide bonds. The van der Waals surface area contributed by atoms with Crippen LogP contribution in [0.5, 0.6) is 0 Å². The fourth-order valence-electron chi connectivity index (χ4n) is 15.8. The van der Waals surface area contributed by atoms with Crippen LogP contribution in [0.4, 0.5) is 26.3 Å². The molecule has 2 aromatic heterocycles. The first-order valence-corrected chi connectivity index (χ1v) is 48.5. The summed E-state index contributed by atoms with van der Waals surface area (Å²) in [4.78, 5) is 0.849. The summed E-state index contributed by atoms with van der Waals surface area (Å²) < 4.78 is 136. The van der Waals surface area contributed by atoms with Crippen LogP contribution in [0.15, 0.2) is 423 Å². The predicted molar refractivity (Wildman–Crippen MR) is 510 cm³/mol. The van der Waals surface area contributed by atoms with Crippen molar-refractivity contribution in [2.75, 3.05) is 0 Å². The summed E-state index contributed by atoms with van der Waals surface area (Å²) in [6, 6.07) is 134. The molecule has 0 spiro atoms. The van der Waals surface area contributed by atoms with Crippen molar-refractivity contribution in [3.63, 3.8) is 0 Å². The van der Waals surface area contributed by atoms with Gasteiger partial charge in [0.15, 0.2) is 40.8 Å². The number of thiophene rings is 2. The molecule has 18 aromatic rings. The number of hydrogen-bond donors (Lipinski definition) is 4. The predicted octanol–water partition coefficient (Wildman–Crippen LogP) is 20.4. The molecule has 8 N–H and O–H groups in total. The van der Waals surface area contributed by atoms with Gasteiger partial charge in [0.25, 0.3) is 0 Å². The van der Waals surface area contributed by atoms with E-state index in [9.17, 15) is 36.6 Å². The van der Waals surface area contributed by atoms with Crippen molar-refractivity contribution in [2.45, 2.75) is 49.6 Å². The average Bonchev–Trinajstić information content (AvgIpc) is 0.734. The van der Waals surface area contributed by atoms with Crippen molar-refractivity contribution in [3.05, 3.63) is 433 Å². The Kier molecular flexibility index (Phi) is 34.8.